The molecule has 0 saturated carbocycles. The molecule has 0 amide bonds. The summed E-state index contributed by atoms with van der Waals surface area (Å²) in [7, 11) is 0. The Labute approximate surface area is 112 Å². The van der Waals surface area contributed by atoms with Crippen LogP contribution in [0.1, 0.15) is 36.1 Å². The smallest absolute Gasteiger partial charge is 0.0208 e. The van der Waals surface area contributed by atoms with Gasteiger partial charge < -0.3 is 10.2 Å². The number of hydrogen-bond acceptors (Lipinski definition) is 2. The largest absolute Gasteiger partial charge is 0.311 e. The summed E-state index contributed by atoms with van der Waals surface area (Å²) >= 11 is 0. The highest BCUT2D eigenvalue weighted by Gasteiger charge is 2.02. The Bertz CT molecular complexity index is 368. The molecular weight excluding hydrogens is 220 g/mol. The minimum atomic E-state index is 0.980. The molecule has 0 atom stereocenters. The van der Waals surface area contributed by atoms with Crippen molar-refractivity contribution in [1.29, 1.82) is 0 Å². The van der Waals surface area contributed by atoms with E-state index >= 15 is 0 Å². The first-order chi connectivity index (χ1) is 8.58. The topological polar surface area (TPSA) is 15.3 Å². The molecule has 102 valence electrons. The van der Waals surface area contributed by atoms with Gasteiger partial charge in [0.2, 0.25) is 0 Å². The van der Waals surface area contributed by atoms with Crippen molar-refractivity contribution >= 4 is 0 Å². The van der Waals surface area contributed by atoms with Gasteiger partial charge >= 0.3 is 0 Å². The fraction of sp³-hybridized carbons (Fsp3) is 0.625. The van der Waals surface area contributed by atoms with Gasteiger partial charge in [0, 0.05) is 19.6 Å². The summed E-state index contributed by atoms with van der Waals surface area (Å²) in [5.41, 5.74) is 5.60. The van der Waals surface area contributed by atoms with E-state index in [1.165, 1.54) is 22.3 Å². The number of rotatable bonds is 7. The van der Waals surface area contributed by atoms with Crippen molar-refractivity contribution in [3.8, 4) is 0 Å². The first kappa shape index (κ1) is 15.2. The first-order valence-corrected chi connectivity index (χ1v) is 7.08. The zero-order chi connectivity index (χ0) is 13.5. The van der Waals surface area contributed by atoms with E-state index in [1.54, 1.807) is 0 Å². The van der Waals surface area contributed by atoms with Gasteiger partial charge in [0.25, 0.3) is 0 Å². The summed E-state index contributed by atoms with van der Waals surface area (Å²) in [5, 5.41) is 3.55. The molecule has 0 fully saturated rings. The van der Waals surface area contributed by atoms with E-state index in [0.29, 0.717) is 0 Å². The van der Waals surface area contributed by atoms with E-state index in [1.807, 2.05) is 0 Å². The normalized spacial score (nSPS) is 11.2. The molecule has 1 rings (SSSR count). The molecule has 2 heteroatoms. The number of hydrogen-bond donors (Lipinski definition) is 1. The number of benzene rings is 1. The number of nitrogens with zero attached hydrogens (tertiary/aromatic N) is 1. The van der Waals surface area contributed by atoms with Crippen LogP contribution in [-0.2, 0) is 6.54 Å². The monoisotopic (exact) mass is 248 g/mol. The average Bonchev–Trinajstić information content (AvgIpc) is 2.35. The Balaban J connectivity index is 2.42. The lowest BCUT2D eigenvalue weighted by molar-refractivity contribution is 0.302. The predicted molar refractivity (Wildman–Crippen MR) is 80.1 cm³/mol. The van der Waals surface area contributed by atoms with Crippen molar-refractivity contribution in [2.75, 3.05) is 26.2 Å². The molecule has 0 aromatic heterocycles. The third-order valence-corrected chi connectivity index (χ3v) is 3.77. The molecule has 1 aromatic rings. The number of nitrogens with one attached hydrogen (secondary N) is 1. The minimum absolute atomic E-state index is 0.980. The molecule has 0 saturated heterocycles. The SMILES string of the molecule is CCN(CC)CCNCc1cc(C)c(C)cc1C. The molecule has 0 unspecified atom stereocenters. The van der Waals surface area contributed by atoms with Crippen LogP contribution in [0.3, 0.4) is 0 Å². The van der Waals surface area contributed by atoms with Gasteiger partial charge in [-0.05, 0) is 56.1 Å². The molecule has 0 aliphatic carbocycles. The summed E-state index contributed by atoms with van der Waals surface area (Å²) in [6.07, 6.45) is 0. The Kier molecular flexibility index (Phi) is 6.37. The van der Waals surface area contributed by atoms with Crippen molar-refractivity contribution < 1.29 is 0 Å². The zero-order valence-electron chi connectivity index (χ0n) is 12.6. The van der Waals surface area contributed by atoms with Gasteiger partial charge in [-0.2, -0.15) is 0 Å². The predicted octanol–water partition coefficient (Wildman–Crippen LogP) is 3.04. The van der Waals surface area contributed by atoms with Gasteiger partial charge in [-0.15, -0.1) is 0 Å². The average molecular weight is 248 g/mol. The molecule has 0 heterocycles. The molecule has 0 aliphatic heterocycles. The molecule has 2 nitrogen and oxygen atoms in total. The Morgan fingerprint density at radius 2 is 1.56 bits per heavy atom. The maximum Gasteiger partial charge on any atom is 0.0208 e. The standard InChI is InChI=1S/C16H28N2/c1-6-18(7-2)9-8-17-12-16-11-14(4)13(3)10-15(16)5/h10-11,17H,6-9,12H2,1-5H3. The van der Waals surface area contributed by atoms with Crippen molar-refractivity contribution in [3.63, 3.8) is 0 Å². The molecule has 1 aromatic carbocycles. The summed E-state index contributed by atoms with van der Waals surface area (Å²) in [6.45, 7) is 16.5. The quantitative estimate of drug-likeness (QED) is 0.746. The second-order valence-electron chi connectivity index (χ2n) is 5.07. The highest BCUT2D eigenvalue weighted by atomic mass is 15.1. The van der Waals surface area contributed by atoms with E-state index in [0.717, 1.165) is 32.7 Å². The van der Waals surface area contributed by atoms with Crippen LogP contribution >= 0.6 is 0 Å². The van der Waals surface area contributed by atoms with E-state index in [-0.39, 0.29) is 0 Å². The van der Waals surface area contributed by atoms with E-state index in [2.05, 4.69) is 57.0 Å². The van der Waals surface area contributed by atoms with Crippen molar-refractivity contribution in [1.82, 2.24) is 10.2 Å². The van der Waals surface area contributed by atoms with Gasteiger partial charge in [0.1, 0.15) is 0 Å². The van der Waals surface area contributed by atoms with E-state index in [9.17, 15) is 0 Å². The van der Waals surface area contributed by atoms with Crippen LogP contribution in [0.25, 0.3) is 0 Å². The van der Waals surface area contributed by atoms with Crippen LogP contribution in [0.4, 0.5) is 0 Å². The maximum absolute atomic E-state index is 3.55. The van der Waals surface area contributed by atoms with Crippen molar-refractivity contribution in [2.45, 2.75) is 41.2 Å². The Hall–Kier alpha value is -0.860. The van der Waals surface area contributed by atoms with Gasteiger partial charge in [-0.1, -0.05) is 26.0 Å². The highest BCUT2D eigenvalue weighted by molar-refractivity contribution is 5.36. The third kappa shape index (κ3) is 4.43. The van der Waals surface area contributed by atoms with Crippen LogP contribution in [0, 0.1) is 20.8 Å². The van der Waals surface area contributed by atoms with E-state index < -0.39 is 0 Å². The number of aryl methyl sites for hydroxylation is 3. The Morgan fingerprint density at radius 3 is 2.17 bits per heavy atom. The molecule has 0 spiro atoms. The lowest BCUT2D eigenvalue weighted by Crippen LogP contribution is -2.31. The summed E-state index contributed by atoms with van der Waals surface area (Å²) in [4.78, 5) is 2.44. The first-order valence-electron chi connectivity index (χ1n) is 7.08. The van der Waals surface area contributed by atoms with E-state index in [4.69, 9.17) is 0 Å². The molecule has 0 radical (unpaired) electrons. The minimum Gasteiger partial charge on any atom is -0.311 e. The summed E-state index contributed by atoms with van der Waals surface area (Å²) in [5.74, 6) is 0. The van der Waals surface area contributed by atoms with Crippen LogP contribution in [0.2, 0.25) is 0 Å². The lowest BCUT2D eigenvalue weighted by atomic mass is 10.0. The second kappa shape index (κ2) is 7.55. The van der Waals surface area contributed by atoms with Gasteiger partial charge in [0.15, 0.2) is 0 Å². The molecule has 0 bridgehead atoms. The fourth-order valence-electron chi connectivity index (χ4n) is 2.21. The molecular formula is C16H28N2. The summed E-state index contributed by atoms with van der Waals surface area (Å²) in [6, 6.07) is 4.60. The van der Waals surface area contributed by atoms with Crippen molar-refractivity contribution in [2.24, 2.45) is 0 Å². The van der Waals surface area contributed by atoms with Crippen LogP contribution in [0.5, 0.6) is 0 Å². The van der Waals surface area contributed by atoms with Crippen molar-refractivity contribution in [3.05, 3.63) is 34.4 Å². The third-order valence-electron chi connectivity index (χ3n) is 3.77. The highest BCUT2D eigenvalue weighted by Crippen LogP contribution is 2.14. The second-order valence-corrected chi connectivity index (χ2v) is 5.07. The van der Waals surface area contributed by atoms with Crippen LogP contribution < -0.4 is 5.32 Å². The Morgan fingerprint density at radius 1 is 0.944 bits per heavy atom. The number of likely N-dealkylation sites (N-methyl/N-ethyl adjacent to an activating group) is 1. The van der Waals surface area contributed by atoms with Crippen LogP contribution in [-0.4, -0.2) is 31.1 Å². The van der Waals surface area contributed by atoms with Gasteiger partial charge in [0.05, 0.1) is 0 Å². The van der Waals surface area contributed by atoms with Crippen LogP contribution in [0.15, 0.2) is 12.1 Å². The van der Waals surface area contributed by atoms with Gasteiger partial charge in [-0.3, -0.25) is 0 Å². The molecule has 18 heavy (non-hydrogen) atoms. The fourth-order valence-corrected chi connectivity index (χ4v) is 2.21. The molecule has 1 N–H and O–H groups in total. The summed E-state index contributed by atoms with van der Waals surface area (Å²) < 4.78 is 0. The van der Waals surface area contributed by atoms with Gasteiger partial charge in [-0.25, -0.2) is 0 Å². The lowest BCUT2D eigenvalue weighted by Gasteiger charge is -2.18. The maximum atomic E-state index is 3.55. The molecule has 0 aliphatic rings. The zero-order valence-corrected chi connectivity index (χ0v) is 12.6.